The zero-order chi connectivity index (χ0) is 11.2. The van der Waals surface area contributed by atoms with E-state index in [0.29, 0.717) is 6.42 Å². The van der Waals surface area contributed by atoms with Crippen molar-refractivity contribution in [2.24, 2.45) is 0 Å². The summed E-state index contributed by atoms with van der Waals surface area (Å²) < 4.78 is 26.3. The highest BCUT2D eigenvalue weighted by atomic mass is 31.2. The first kappa shape index (κ1) is 13.6. The summed E-state index contributed by atoms with van der Waals surface area (Å²) in [5.41, 5.74) is 0. The van der Waals surface area contributed by atoms with Gasteiger partial charge < -0.3 is 13.8 Å². The lowest BCUT2D eigenvalue weighted by Gasteiger charge is -2.23. The fourth-order valence-corrected chi connectivity index (χ4v) is 2.50. The molecule has 1 atom stereocenters. The lowest BCUT2D eigenvalue weighted by Crippen LogP contribution is -2.18. The van der Waals surface area contributed by atoms with Crippen molar-refractivity contribution < 1.29 is 23.1 Å². The Hall–Kier alpha value is -0.380. The van der Waals surface area contributed by atoms with Gasteiger partial charge in [0.2, 0.25) is 5.85 Å². The molecular formula is C8H17O5P. The zero-order valence-electron chi connectivity index (χ0n) is 8.98. The fraction of sp³-hybridized carbons (Fsp3) is 0.875. The Morgan fingerprint density at radius 1 is 1.36 bits per heavy atom. The van der Waals surface area contributed by atoms with Gasteiger partial charge in [-0.3, -0.25) is 9.36 Å². The molecule has 0 N–H and O–H groups in total. The third-order valence-corrected chi connectivity index (χ3v) is 3.79. The molecule has 84 valence electrons. The van der Waals surface area contributed by atoms with E-state index in [1.54, 1.807) is 0 Å². The number of carbonyl (C=O) groups excluding carboxylic acids is 1. The Balaban J connectivity index is 4.60. The van der Waals surface area contributed by atoms with E-state index >= 15 is 0 Å². The number of ether oxygens (including phenoxy) is 1. The quantitative estimate of drug-likeness (QED) is 0.511. The van der Waals surface area contributed by atoms with E-state index in [9.17, 15) is 9.36 Å². The molecule has 1 unspecified atom stereocenters. The van der Waals surface area contributed by atoms with Crippen molar-refractivity contribution in [1.29, 1.82) is 0 Å². The van der Waals surface area contributed by atoms with Crippen LogP contribution in [0.25, 0.3) is 0 Å². The van der Waals surface area contributed by atoms with Crippen LogP contribution < -0.4 is 0 Å². The molecule has 5 nitrogen and oxygen atoms in total. The lowest BCUT2D eigenvalue weighted by atomic mass is 10.4. The van der Waals surface area contributed by atoms with Crippen molar-refractivity contribution >= 4 is 13.6 Å². The maximum Gasteiger partial charge on any atom is 0.370 e. The van der Waals surface area contributed by atoms with Crippen LogP contribution in [-0.2, 0) is 23.1 Å². The third kappa shape index (κ3) is 3.78. The van der Waals surface area contributed by atoms with Crippen LogP contribution in [0.15, 0.2) is 0 Å². The molecular weight excluding hydrogens is 207 g/mol. The van der Waals surface area contributed by atoms with Gasteiger partial charge in [0.05, 0.1) is 0 Å². The van der Waals surface area contributed by atoms with Crippen LogP contribution in [0.5, 0.6) is 0 Å². The number of hydrogen-bond acceptors (Lipinski definition) is 5. The Morgan fingerprint density at radius 3 is 2.14 bits per heavy atom. The molecule has 0 saturated heterocycles. The van der Waals surface area contributed by atoms with Gasteiger partial charge in [0.25, 0.3) is 0 Å². The largest absolute Gasteiger partial charge is 0.450 e. The summed E-state index contributed by atoms with van der Waals surface area (Å²) in [6, 6.07) is 0. The molecule has 0 saturated carbocycles. The first-order valence-electron chi connectivity index (χ1n) is 4.38. The summed E-state index contributed by atoms with van der Waals surface area (Å²) in [4.78, 5) is 10.8. The first-order chi connectivity index (χ1) is 6.50. The van der Waals surface area contributed by atoms with Crippen molar-refractivity contribution in [2.75, 3.05) is 14.2 Å². The van der Waals surface area contributed by atoms with E-state index in [-0.39, 0.29) is 0 Å². The topological polar surface area (TPSA) is 61.8 Å². The smallest absolute Gasteiger partial charge is 0.370 e. The van der Waals surface area contributed by atoms with Gasteiger partial charge in [0, 0.05) is 21.1 Å². The van der Waals surface area contributed by atoms with Gasteiger partial charge in [-0.2, -0.15) is 0 Å². The standard InChI is InChI=1S/C8H17O5P/c1-5-6-8(13-7(2)9)14(10,11-3)12-4/h8H,5-6H2,1-4H3. The van der Waals surface area contributed by atoms with Crippen LogP contribution in [0.2, 0.25) is 0 Å². The molecule has 6 heteroatoms. The Morgan fingerprint density at radius 2 is 1.86 bits per heavy atom. The van der Waals surface area contributed by atoms with Crippen LogP contribution in [0.4, 0.5) is 0 Å². The monoisotopic (exact) mass is 224 g/mol. The van der Waals surface area contributed by atoms with Crippen LogP contribution >= 0.6 is 7.60 Å². The van der Waals surface area contributed by atoms with Gasteiger partial charge in [-0.25, -0.2) is 0 Å². The van der Waals surface area contributed by atoms with Gasteiger partial charge in [0.1, 0.15) is 0 Å². The summed E-state index contributed by atoms with van der Waals surface area (Å²) >= 11 is 0. The van der Waals surface area contributed by atoms with Crippen molar-refractivity contribution in [3.05, 3.63) is 0 Å². The third-order valence-electron chi connectivity index (χ3n) is 1.70. The van der Waals surface area contributed by atoms with Crippen molar-refractivity contribution in [2.45, 2.75) is 32.5 Å². The summed E-state index contributed by atoms with van der Waals surface area (Å²) in [5, 5.41) is 0. The van der Waals surface area contributed by atoms with Crippen LogP contribution in [0.3, 0.4) is 0 Å². The lowest BCUT2D eigenvalue weighted by molar-refractivity contribution is -0.143. The molecule has 0 fully saturated rings. The van der Waals surface area contributed by atoms with Gasteiger partial charge in [-0.05, 0) is 6.42 Å². The number of rotatable bonds is 6. The van der Waals surface area contributed by atoms with Crippen molar-refractivity contribution in [3.8, 4) is 0 Å². The molecule has 0 aliphatic carbocycles. The highest BCUT2D eigenvalue weighted by Gasteiger charge is 2.35. The average molecular weight is 224 g/mol. The van der Waals surface area contributed by atoms with Crippen molar-refractivity contribution in [3.63, 3.8) is 0 Å². The molecule has 0 aliphatic rings. The SMILES string of the molecule is CCCC(OC(C)=O)P(=O)(OC)OC. The second-order valence-electron chi connectivity index (χ2n) is 2.76. The maximum absolute atomic E-state index is 11.9. The first-order valence-corrected chi connectivity index (χ1v) is 5.99. The molecule has 0 bridgehead atoms. The molecule has 0 aromatic heterocycles. The molecule has 0 radical (unpaired) electrons. The van der Waals surface area contributed by atoms with Gasteiger partial charge >= 0.3 is 13.6 Å². The Bertz CT molecular complexity index is 220. The van der Waals surface area contributed by atoms with Crippen LogP contribution in [-0.4, -0.2) is 26.0 Å². The molecule has 0 aromatic rings. The van der Waals surface area contributed by atoms with Gasteiger partial charge in [-0.1, -0.05) is 13.3 Å². The molecule has 0 aromatic carbocycles. The predicted octanol–water partition coefficient (Wildman–Crippen LogP) is 2.16. The molecule has 0 rings (SSSR count). The second-order valence-corrected chi connectivity index (χ2v) is 5.14. The molecule has 0 amide bonds. The van der Waals surface area contributed by atoms with E-state index in [1.807, 2.05) is 6.92 Å². The Labute approximate surface area is 84.3 Å². The van der Waals surface area contributed by atoms with E-state index in [4.69, 9.17) is 13.8 Å². The second kappa shape index (κ2) is 6.17. The van der Waals surface area contributed by atoms with Crippen molar-refractivity contribution in [1.82, 2.24) is 0 Å². The van der Waals surface area contributed by atoms with Crippen LogP contribution in [0.1, 0.15) is 26.7 Å². The van der Waals surface area contributed by atoms with E-state index < -0.39 is 19.4 Å². The average Bonchev–Trinajstić information content (AvgIpc) is 2.15. The normalized spacial score (nSPS) is 13.7. The zero-order valence-corrected chi connectivity index (χ0v) is 9.87. The highest BCUT2D eigenvalue weighted by Crippen LogP contribution is 2.53. The molecule has 14 heavy (non-hydrogen) atoms. The summed E-state index contributed by atoms with van der Waals surface area (Å²) in [5.74, 6) is -1.29. The summed E-state index contributed by atoms with van der Waals surface area (Å²) in [6.07, 6.45) is 1.19. The highest BCUT2D eigenvalue weighted by molar-refractivity contribution is 7.54. The summed E-state index contributed by atoms with van der Waals surface area (Å²) in [6.45, 7) is 3.16. The number of hydrogen-bond donors (Lipinski definition) is 0. The van der Waals surface area contributed by atoms with Crippen LogP contribution in [0, 0.1) is 0 Å². The van der Waals surface area contributed by atoms with Gasteiger partial charge in [-0.15, -0.1) is 0 Å². The van der Waals surface area contributed by atoms with Gasteiger partial charge in [0.15, 0.2) is 0 Å². The van der Waals surface area contributed by atoms with E-state index in [0.717, 1.165) is 6.42 Å². The number of carbonyl (C=O) groups is 1. The van der Waals surface area contributed by atoms with E-state index in [1.165, 1.54) is 21.1 Å². The predicted molar refractivity (Wildman–Crippen MR) is 52.1 cm³/mol. The van der Waals surface area contributed by atoms with E-state index in [2.05, 4.69) is 0 Å². The maximum atomic E-state index is 11.9. The minimum Gasteiger partial charge on any atom is -0.450 e. The number of esters is 1. The minimum absolute atomic E-state index is 0.457. The minimum atomic E-state index is -3.30. The Kier molecular flexibility index (Phi) is 6.00. The fourth-order valence-electron chi connectivity index (χ4n) is 1.03. The molecule has 0 heterocycles. The summed E-state index contributed by atoms with van der Waals surface area (Å²) in [7, 11) is -0.756. The molecule has 0 aliphatic heterocycles. The molecule has 0 spiro atoms.